The summed E-state index contributed by atoms with van der Waals surface area (Å²) in [7, 11) is 0. The number of benzene rings is 2. The summed E-state index contributed by atoms with van der Waals surface area (Å²) in [6.45, 7) is 0. The van der Waals surface area contributed by atoms with Crippen molar-refractivity contribution < 1.29 is 9.13 Å². The van der Waals surface area contributed by atoms with Crippen molar-refractivity contribution in [3.05, 3.63) is 63.9 Å². The van der Waals surface area contributed by atoms with E-state index in [1.807, 2.05) is 24.3 Å². The average Bonchev–Trinajstić information content (AvgIpc) is 2.87. The smallest absolute Gasteiger partial charge is 0.128 e. The van der Waals surface area contributed by atoms with Gasteiger partial charge < -0.3 is 4.74 Å². The molecular weight excluding hydrogens is 323 g/mol. The lowest BCUT2D eigenvalue weighted by molar-refractivity contribution is 0.176. The number of halogens is 2. The molecule has 0 saturated carbocycles. The summed E-state index contributed by atoms with van der Waals surface area (Å²) in [5.41, 5.74) is 4.30. The SMILES string of the molecule is NNC(c1cc(Br)ccc1F)C1Cc2ccccc2O1. The van der Waals surface area contributed by atoms with Gasteiger partial charge in [-0.15, -0.1) is 0 Å². The Balaban J connectivity index is 1.91. The fourth-order valence-electron chi connectivity index (χ4n) is 2.55. The second-order valence-corrected chi connectivity index (χ2v) is 5.69. The molecule has 0 amide bonds. The van der Waals surface area contributed by atoms with E-state index in [4.69, 9.17) is 10.6 Å². The molecule has 3 rings (SSSR count). The highest BCUT2D eigenvalue weighted by Crippen LogP contribution is 2.35. The Morgan fingerprint density at radius 2 is 2.10 bits per heavy atom. The van der Waals surface area contributed by atoms with Crippen LogP contribution >= 0.6 is 15.9 Å². The summed E-state index contributed by atoms with van der Waals surface area (Å²) in [5, 5.41) is 0. The van der Waals surface area contributed by atoms with Gasteiger partial charge in [0.25, 0.3) is 0 Å². The number of hydrogen-bond acceptors (Lipinski definition) is 3. The van der Waals surface area contributed by atoms with E-state index < -0.39 is 6.04 Å². The van der Waals surface area contributed by atoms with E-state index in [9.17, 15) is 4.39 Å². The topological polar surface area (TPSA) is 47.3 Å². The van der Waals surface area contributed by atoms with Crippen LogP contribution in [0.3, 0.4) is 0 Å². The summed E-state index contributed by atoms with van der Waals surface area (Å²) < 4.78 is 20.7. The van der Waals surface area contributed by atoms with E-state index in [2.05, 4.69) is 21.4 Å². The van der Waals surface area contributed by atoms with Crippen LogP contribution < -0.4 is 16.0 Å². The van der Waals surface area contributed by atoms with E-state index in [1.165, 1.54) is 6.07 Å². The maximum atomic E-state index is 14.0. The van der Waals surface area contributed by atoms with Crippen LogP contribution in [0.2, 0.25) is 0 Å². The van der Waals surface area contributed by atoms with E-state index in [1.54, 1.807) is 12.1 Å². The average molecular weight is 337 g/mol. The van der Waals surface area contributed by atoms with Gasteiger partial charge in [0.2, 0.25) is 0 Å². The number of hydrogen-bond donors (Lipinski definition) is 2. The molecule has 0 saturated heterocycles. The van der Waals surface area contributed by atoms with Gasteiger partial charge in [-0.3, -0.25) is 5.84 Å². The second kappa shape index (κ2) is 5.52. The van der Waals surface area contributed by atoms with Gasteiger partial charge >= 0.3 is 0 Å². The van der Waals surface area contributed by atoms with Crippen LogP contribution in [-0.4, -0.2) is 6.10 Å². The van der Waals surface area contributed by atoms with Crippen molar-refractivity contribution in [2.24, 2.45) is 5.84 Å². The molecule has 2 aromatic carbocycles. The van der Waals surface area contributed by atoms with Gasteiger partial charge in [-0.1, -0.05) is 34.1 Å². The first kappa shape index (κ1) is 13.5. The number of rotatable bonds is 3. The third-order valence-electron chi connectivity index (χ3n) is 3.52. The predicted octanol–water partition coefficient (Wildman–Crippen LogP) is 3.10. The van der Waals surface area contributed by atoms with Crippen molar-refractivity contribution in [2.75, 3.05) is 0 Å². The minimum Gasteiger partial charge on any atom is -0.488 e. The van der Waals surface area contributed by atoms with Crippen molar-refractivity contribution in [1.29, 1.82) is 0 Å². The van der Waals surface area contributed by atoms with E-state index in [0.717, 1.165) is 15.8 Å². The highest BCUT2D eigenvalue weighted by atomic mass is 79.9. The molecule has 104 valence electrons. The van der Waals surface area contributed by atoms with Gasteiger partial charge in [0, 0.05) is 16.5 Å². The molecule has 2 aromatic rings. The normalized spacial score (nSPS) is 18.4. The van der Waals surface area contributed by atoms with Crippen LogP contribution in [-0.2, 0) is 6.42 Å². The van der Waals surface area contributed by atoms with E-state index >= 15 is 0 Å². The number of nitrogens with two attached hydrogens (primary N) is 1. The summed E-state index contributed by atoms with van der Waals surface area (Å²) >= 11 is 3.35. The van der Waals surface area contributed by atoms with Crippen molar-refractivity contribution >= 4 is 15.9 Å². The Kier molecular flexibility index (Phi) is 3.74. The van der Waals surface area contributed by atoms with E-state index in [-0.39, 0.29) is 11.9 Å². The maximum Gasteiger partial charge on any atom is 0.128 e. The van der Waals surface area contributed by atoms with Gasteiger partial charge in [0.1, 0.15) is 17.7 Å². The van der Waals surface area contributed by atoms with E-state index in [0.29, 0.717) is 12.0 Å². The second-order valence-electron chi connectivity index (χ2n) is 4.78. The minimum absolute atomic E-state index is 0.221. The standard InChI is InChI=1S/C15H14BrFN2O/c16-10-5-6-12(17)11(8-10)15(19-18)14-7-9-3-1-2-4-13(9)20-14/h1-6,8,14-15,19H,7,18H2. The third kappa shape index (κ3) is 2.44. The monoisotopic (exact) mass is 336 g/mol. The van der Waals surface area contributed by atoms with Gasteiger partial charge in [-0.05, 0) is 29.8 Å². The van der Waals surface area contributed by atoms with Crippen molar-refractivity contribution in [3.8, 4) is 5.75 Å². The maximum absolute atomic E-state index is 14.0. The molecule has 20 heavy (non-hydrogen) atoms. The number of ether oxygens (including phenoxy) is 1. The fraction of sp³-hybridized carbons (Fsp3) is 0.200. The molecule has 0 aliphatic carbocycles. The summed E-state index contributed by atoms with van der Waals surface area (Å²) in [4.78, 5) is 0. The van der Waals surface area contributed by atoms with Gasteiger partial charge in [0.05, 0.1) is 6.04 Å². The molecular formula is C15H14BrFN2O. The fourth-order valence-corrected chi connectivity index (χ4v) is 2.92. The highest BCUT2D eigenvalue weighted by molar-refractivity contribution is 9.10. The molecule has 0 fully saturated rings. The largest absolute Gasteiger partial charge is 0.488 e. The third-order valence-corrected chi connectivity index (χ3v) is 4.01. The summed E-state index contributed by atoms with van der Waals surface area (Å²) in [6, 6.07) is 12.2. The van der Waals surface area contributed by atoms with Crippen LogP contribution in [0, 0.1) is 5.82 Å². The lowest BCUT2D eigenvalue weighted by atomic mass is 9.98. The molecule has 5 heteroatoms. The minimum atomic E-state index is -0.403. The zero-order valence-electron chi connectivity index (χ0n) is 10.6. The van der Waals surface area contributed by atoms with Crippen molar-refractivity contribution in [2.45, 2.75) is 18.6 Å². The lowest BCUT2D eigenvalue weighted by Gasteiger charge is -2.23. The Labute approximate surface area is 125 Å². The van der Waals surface area contributed by atoms with Gasteiger partial charge in [-0.25, -0.2) is 9.82 Å². The molecule has 3 nitrogen and oxygen atoms in total. The molecule has 2 atom stereocenters. The zero-order valence-corrected chi connectivity index (χ0v) is 12.2. The summed E-state index contributed by atoms with van der Waals surface area (Å²) in [6.07, 6.45) is 0.484. The predicted molar refractivity (Wildman–Crippen MR) is 78.7 cm³/mol. The molecule has 0 spiro atoms. The number of hydrazine groups is 1. The number of para-hydroxylation sites is 1. The van der Waals surface area contributed by atoms with Crippen LogP contribution in [0.15, 0.2) is 46.9 Å². The Bertz CT molecular complexity index is 610. The van der Waals surface area contributed by atoms with Gasteiger partial charge in [0.15, 0.2) is 0 Å². The Hall–Kier alpha value is -1.43. The Morgan fingerprint density at radius 3 is 2.85 bits per heavy atom. The van der Waals surface area contributed by atoms with Crippen LogP contribution in [0.4, 0.5) is 4.39 Å². The molecule has 1 aliphatic rings. The first-order valence-electron chi connectivity index (χ1n) is 6.34. The Morgan fingerprint density at radius 1 is 1.30 bits per heavy atom. The molecule has 1 heterocycles. The quantitative estimate of drug-likeness (QED) is 0.668. The number of nitrogens with one attached hydrogen (secondary N) is 1. The van der Waals surface area contributed by atoms with Crippen molar-refractivity contribution in [3.63, 3.8) is 0 Å². The number of fused-ring (bicyclic) bond motifs is 1. The highest BCUT2D eigenvalue weighted by Gasteiger charge is 2.32. The molecule has 0 aromatic heterocycles. The van der Waals surface area contributed by atoms with Gasteiger partial charge in [-0.2, -0.15) is 0 Å². The van der Waals surface area contributed by atoms with Crippen LogP contribution in [0.1, 0.15) is 17.2 Å². The first-order chi connectivity index (χ1) is 9.69. The molecule has 3 N–H and O–H groups in total. The zero-order chi connectivity index (χ0) is 14.1. The molecule has 2 unspecified atom stereocenters. The molecule has 0 radical (unpaired) electrons. The first-order valence-corrected chi connectivity index (χ1v) is 7.14. The molecule has 0 bridgehead atoms. The van der Waals surface area contributed by atoms with Crippen LogP contribution in [0.25, 0.3) is 0 Å². The van der Waals surface area contributed by atoms with Crippen molar-refractivity contribution in [1.82, 2.24) is 5.43 Å². The summed E-state index contributed by atoms with van der Waals surface area (Å²) in [5.74, 6) is 6.17. The molecule has 1 aliphatic heterocycles. The lowest BCUT2D eigenvalue weighted by Crippen LogP contribution is -2.39. The van der Waals surface area contributed by atoms with Crippen LogP contribution in [0.5, 0.6) is 5.75 Å².